The second kappa shape index (κ2) is 4.33. The van der Waals surface area contributed by atoms with E-state index in [0.717, 1.165) is 6.42 Å². The zero-order chi connectivity index (χ0) is 9.84. The highest BCUT2D eigenvalue weighted by molar-refractivity contribution is 5.22. The van der Waals surface area contributed by atoms with Crippen molar-refractivity contribution < 1.29 is 8.78 Å². The quantitative estimate of drug-likeness (QED) is 0.769. The molecule has 3 heteroatoms. The molecule has 0 heterocycles. The van der Waals surface area contributed by atoms with Crippen molar-refractivity contribution in [3.8, 4) is 0 Å². The van der Waals surface area contributed by atoms with E-state index in [1.807, 2.05) is 6.92 Å². The summed E-state index contributed by atoms with van der Waals surface area (Å²) in [7, 11) is 0. The number of halogens is 2. The van der Waals surface area contributed by atoms with Gasteiger partial charge in [0.1, 0.15) is 11.6 Å². The molecule has 0 amide bonds. The maximum absolute atomic E-state index is 13.1. The molecule has 0 spiro atoms. The Morgan fingerprint density at radius 1 is 1.31 bits per heavy atom. The number of hydrogen-bond donors (Lipinski definition) is 1. The zero-order valence-corrected chi connectivity index (χ0v) is 7.56. The molecule has 0 unspecified atom stereocenters. The normalized spacial score (nSPS) is 12.9. The molecule has 2 N–H and O–H groups in total. The summed E-state index contributed by atoms with van der Waals surface area (Å²) in [6.45, 7) is 1.93. The standard InChI is InChI=1S/C10H13F2N/c1-2-4-9(13)10-7(11)5-3-6-8(10)12/h3,5-6,9H,2,4,13H2,1H3/t9-/m1/s1. The lowest BCUT2D eigenvalue weighted by Gasteiger charge is -2.12. The van der Waals surface area contributed by atoms with Crippen LogP contribution in [0.2, 0.25) is 0 Å². The maximum Gasteiger partial charge on any atom is 0.130 e. The molecule has 0 radical (unpaired) electrons. The largest absolute Gasteiger partial charge is 0.324 e. The Labute approximate surface area is 76.6 Å². The van der Waals surface area contributed by atoms with Crippen LogP contribution in [0.15, 0.2) is 18.2 Å². The van der Waals surface area contributed by atoms with Crippen LogP contribution in [0.5, 0.6) is 0 Å². The summed E-state index contributed by atoms with van der Waals surface area (Å²) in [5.74, 6) is -1.11. The van der Waals surface area contributed by atoms with Crippen molar-refractivity contribution >= 4 is 0 Å². The molecule has 1 atom stereocenters. The van der Waals surface area contributed by atoms with E-state index >= 15 is 0 Å². The van der Waals surface area contributed by atoms with Gasteiger partial charge >= 0.3 is 0 Å². The molecule has 0 saturated carbocycles. The van der Waals surface area contributed by atoms with Gasteiger partial charge < -0.3 is 5.73 Å². The smallest absolute Gasteiger partial charge is 0.130 e. The van der Waals surface area contributed by atoms with Crippen molar-refractivity contribution in [1.82, 2.24) is 0 Å². The van der Waals surface area contributed by atoms with Crippen molar-refractivity contribution in [2.45, 2.75) is 25.8 Å². The van der Waals surface area contributed by atoms with E-state index in [1.54, 1.807) is 0 Å². The van der Waals surface area contributed by atoms with Gasteiger partial charge in [0.05, 0.1) is 0 Å². The topological polar surface area (TPSA) is 26.0 Å². The summed E-state index contributed by atoms with van der Waals surface area (Å²) < 4.78 is 26.2. The van der Waals surface area contributed by atoms with Gasteiger partial charge in [-0.15, -0.1) is 0 Å². The van der Waals surface area contributed by atoms with Crippen molar-refractivity contribution in [3.05, 3.63) is 35.4 Å². The molecule has 1 nitrogen and oxygen atoms in total. The summed E-state index contributed by atoms with van der Waals surface area (Å²) in [6, 6.07) is 3.26. The Morgan fingerprint density at radius 3 is 2.31 bits per heavy atom. The van der Waals surface area contributed by atoms with Crippen molar-refractivity contribution in [2.75, 3.05) is 0 Å². The third-order valence-corrected chi connectivity index (χ3v) is 1.97. The average molecular weight is 185 g/mol. The first kappa shape index (κ1) is 10.1. The Bertz CT molecular complexity index is 266. The summed E-state index contributed by atoms with van der Waals surface area (Å²) in [6.07, 6.45) is 1.41. The average Bonchev–Trinajstić information content (AvgIpc) is 2.04. The minimum atomic E-state index is -0.555. The van der Waals surface area contributed by atoms with Crippen molar-refractivity contribution in [1.29, 1.82) is 0 Å². The number of rotatable bonds is 3. The van der Waals surface area contributed by atoms with E-state index in [2.05, 4.69) is 0 Å². The number of nitrogens with two attached hydrogens (primary N) is 1. The third-order valence-electron chi connectivity index (χ3n) is 1.97. The second-order valence-corrected chi connectivity index (χ2v) is 3.03. The summed E-state index contributed by atoms with van der Waals surface area (Å²) in [5, 5.41) is 0. The SMILES string of the molecule is CCC[C@@H](N)c1c(F)cccc1F. The monoisotopic (exact) mass is 185 g/mol. The van der Waals surface area contributed by atoms with Gasteiger partial charge in [-0.1, -0.05) is 19.4 Å². The van der Waals surface area contributed by atoms with E-state index in [4.69, 9.17) is 5.73 Å². The number of hydrogen-bond acceptors (Lipinski definition) is 1. The fraction of sp³-hybridized carbons (Fsp3) is 0.400. The molecule has 0 saturated heterocycles. The highest BCUT2D eigenvalue weighted by atomic mass is 19.1. The summed E-state index contributed by atoms with van der Waals surface area (Å²) in [5.41, 5.74) is 5.63. The van der Waals surface area contributed by atoms with E-state index in [9.17, 15) is 8.78 Å². The van der Waals surface area contributed by atoms with Gasteiger partial charge in [0.2, 0.25) is 0 Å². The van der Waals surface area contributed by atoms with Gasteiger partial charge in [-0.2, -0.15) is 0 Å². The fourth-order valence-corrected chi connectivity index (χ4v) is 1.32. The molecule has 13 heavy (non-hydrogen) atoms. The third kappa shape index (κ3) is 2.25. The van der Waals surface area contributed by atoms with Crippen LogP contribution in [0.4, 0.5) is 8.78 Å². The lowest BCUT2D eigenvalue weighted by molar-refractivity contribution is 0.510. The molecular weight excluding hydrogens is 172 g/mol. The van der Waals surface area contributed by atoms with Crippen LogP contribution in [0.1, 0.15) is 31.4 Å². The van der Waals surface area contributed by atoms with Gasteiger partial charge in [0, 0.05) is 11.6 Å². The molecule has 72 valence electrons. The molecule has 0 aliphatic carbocycles. The molecular formula is C10H13F2N. The Kier molecular flexibility index (Phi) is 3.37. The first-order chi connectivity index (χ1) is 6.16. The van der Waals surface area contributed by atoms with Crippen LogP contribution in [-0.4, -0.2) is 0 Å². The van der Waals surface area contributed by atoms with Crippen LogP contribution < -0.4 is 5.73 Å². The second-order valence-electron chi connectivity index (χ2n) is 3.03. The first-order valence-electron chi connectivity index (χ1n) is 4.36. The fourth-order valence-electron chi connectivity index (χ4n) is 1.32. The van der Waals surface area contributed by atoms with Gasteiger partial charge in [-0.25, -0.2) is 8.78 Å². The van der Waals surface area contributed by atoms with Crippen LogP contribution in [0, 0.1) is 11.6 Å². The number of benzene rings is 1. The molecule has 0 aliphatic heterocycles. The molecule has 1 aromatic carbocycles. The van der Waals surface area contributed by atoms with Gasteiger partial charge in [0.25, 0.3) is 0 Å². The molecule has 0 fully saturated rings. The van der Waals surface area contributed by atoms with Gasteiger partial charge in [0.15, 0.2) is 0 Å². The molecule has 0 aliphatic rings. The Balaban J connectivity index is 2.98. The molecule has 1 aromatic rings. The molecule has 1 rings (SSSR count). The predicted octanol–water partition coefficient (Wildman–Crippen LogP) is 2.76. The minimum Gasteiger partial charge on any atom is -0.324 e. The molecule has 0 bridgehead atoms. The highest BCUT2D eigenvalue weighted by Gasteiger charge is 2.14. The molecule has 0 aromatic heterocycles. The highest BCUT2D eigenvalue weighted by Crippen LogP contribution is 2.21. The summed E-state index contributed by atoms with van der Waals surface area (Å²) in [4.78, 5) is 0. The van der Waals surface area contributed by atoms with E-state index < -0.39 is 17.7 Å². The first-order valence-corrected chi connectivity index (χ1v) is 4.36. The van der Waals surface area contributed by atoms with Gasteiger partial charge in [-0.3, -0.25) is 0 Å². The zero-order valence-electron chi connectivity index (χ0n) is 7.56. The van der Waals surface area contributed by atoms with Crippen molar-refractivity contribution in [2.24, 2.45) is 5.73 Å². The van der Waals surface area contributed by atoms with Crippen molar-refractivity contribution in [3.63, 3.8) is 0 Å². The lowest BCUT2D eigenvalue weighted by Crippen LogP contribution is -2.13. The Hall–Kier alpha value is -0.960. The lowest BCUT2D eigenvalue weighted by atomic mass is 10.0. The summed E-state index contributed by atoms with van der Waals surface area (Å²) >= 11 is 0. The van der Waals surface area contributed by atoms with Crippen LogP contribution in [-0.2, 0) is 0 Å². The minimum absolute atomic E-state index is 0.00403. The van der Waals surface area contributed by atoms with E-state index in [0.29, 0.717) is 6.42 Å². The van der Waals surface area contributed by atoms with Gasteiger partial charge in [-0.05, 0) is 18.6 Å². The van der Waals surface area contributed by atoms with E-state index in [1.165, 1.54) is 18.2 Å². The predicted molar refractivity (Wildman–Crippen MR) is 48.2 cm³/mol. The van der Waals surface area contributed by atoms with E-state index in [-0.39, 0.29) is 5.56 Å². The maximum atomic E-state index is 13.1. The van der Waals surface area contributed by atoms with Crippen LogP contribution in [0.25, 0.3) is 0 Å². The Morgan fingerprint density at radius 2 is 1.85 bits per heavy atom. The van der Waals surface area contributed by atoms with Crippen LogP contribution in [0.3, 0.4) is 0 Å². The van der Waals surface area contributed by atoms with Crippen LogP contribution >= 0.6 is 0 Å².